The van der Waals surface area contributed by atoms with E-state index in [1.807, 2.05) is 68.4 Å². The van der Waals surface area contributed by atoms with Crippen LogP contribution in [0.5, 0.6) is 5.75 Å². The molecular formula is C21H16O3. The van der Waals surface area contributed by atoms with Gasteiger partial charge in [0.2, 0.25) is 0 Å². The van der Waals surface area contributed by atoms with Gasteiger partial charge in [0, 0.05) is 10.8 Å². The molecule has 0 N–H and O–H groups in total. The second-order valence-corrected chi connectivity index (χ2v) is 6.02. The van der Waals surface area contributed by atoms with Crippen molar-refractivity contribution in [2.24, 2.45) is 0 Å². The van der Waals surface area contributed by atoms with Gasteiger partial charge in [-0.05, 0) is 50.2 Å². The van der Waals surface area contributed by atoms with Crippen LogP contribution >= 0.6 is 0 Å². The topological polar surface area (TPSA) is 39.4 Å². The summed E-state index contributed by atoms with van der Waals surface area (Å²) in [5.41, 5.74) is 4.24. The minimum Gasteiger partial charge on any atom is -0.456 e. The van der Waals surface area contributed by atoms with Crippen LogP contribution in [0.3, 0.4) is 0 Å². The molecule has 24 heavy (non-hydrogen) atoms. The molecule has 0 amide bonds. The number of benzene rings is 3. The third kappa shape index (κ3) is 2.54. The number of carbonyl (C=O) groups excluding carboxylic acids is 1. The van der Waals surface area contributed by atoms with Crippen molar-refractivity contribution in [3.05, 3.63) is 77.4 Å². The standard InChI is InChI=1S/C21H16O3/c1-13-9-14(2)11-15(10-13)21(22)23-16-7-8-20-18(12-16)17-5-3-4-6-19(17)24-20/h3-12H,1-2H3. The molecule has 0 saturated carbocycles. The molecule has 0 atom stereocenters. The molecule has 0 bridgehead atoms. The van der Waals surface area contributed by atoms with E-state index in [2.05, 4.69) is 0 Å². The highest BCUT2D eigenvalue weighted by atomic mass is 16.5. The lowest BCUT2D eigenvalue weighted by Crippen LogP contribution is -2.09. The Hall–Kier alpha value is -3.07. The van der Waals surface area contributed by atoms with Crippen LogP contribution < -0.4 is 4.74 Å². The summed E-state index contributed by atoms with van der Waals surface area (Å²) in [5, 5.41) is 1.95. The molecule has 4 rings (SSSR count). The smallest absolute Gasteiger partial charge is 0.343 e. The van der Waals surface area contributed by atoms with E-state index in [4.69, 9.17) is 9.15 Å². The Morgan fingerprint density at radius 3 is 2.33 bits per heavy atom. The molecular weight excluding hydrogens is 300 g/mol. The Morgan fingerprint density at radius 1 is 0.833 bits per heavy atom. The Bertz CT molecular complexity index is 1050. The number of hydrogen-bond acceptors (Lipinski definition) is 3. The lowest BCUT2D eigenvalue weighted by atomic mass is 10.1. The van der Waals surface area contributed by atoms with Crippen molar-refractivity contribution in [1.82, 2.24) is 0 Å². The first-order valence-corrected chi connectivity index (χ1v) is 7.82. The van der Waals surface area contributed by atoms with Crippen LogP contribution in [-0.4, -0.2) is 5.97 Å². The molecule has 0 saturated heterocycles. The van der Waals surface area contributed by atoms with Crippen LogP contribution in [0.2, 0.25) is 0 Å². The van der Waals surface area contributed by atoms with Crippen molar-refractivity contribution < 1.29 is 13.9 Å². The number of furan rings is 1. The summed E-state index contributed by atoms with van der Waals surface area (Å²) < 4.78 is 11.3. The van der Waals surface area contributed by atoms with Crippen molar-refractivity contribution in [2.45, 2.75) is 13.8 Å². The van der Waals surface area contributed by atoms with E-state index in [-0.39, 0.29) is 5.97 Å². The SMILES string of the molecule is Cc1cc(C)cc(C(=O)Oc2ccc3oc4ccccc4c3c2)c1. The number of hydrogen-bond donors (Lipinski definition) is 0. The molecule has 0 fully saturated rings. The van der Waals surface area contributed by atoms with E-state index in [9.17, 15) is 4.79 Å². The van der Waals surface area contributed by atoms with Gasteiger partial charge >= 0.3 is 5.97 Å². The Morgan fingerprint density at radius 2 is 1.54 bits per heavy atom. The van der Waals surface area contributed by atoms with Gasteiger partial charge in [0.05, 0.1) is 5.56 Å². The van der Waals surface area contributed by atoms with Gasteiger partial charge < -0.3 is 9.15 Å². The average Bonchev–Trinajstić information content (AvgIpc) is 2.92. The van der Waals surface area contributed by atoms with Gasteiger partial charge in [0.25, 0.3) is 0 Å². The van der Waals surface area contributed by atoms with Gasteiger partial charge in [0.15, 0.2) is 0 Å². The van der Waals surface area contributed by atoms with Crippen LogP contribution in [-0.2, 0) is 0 Å². The summed E-state index contributed by atoms with van der Waals surface area (Å²) in [5.74, 6) is 0.159. The number of esters is 1. The third-order valence-electron chi connectivity index (χ3n) is 4.02. The van der Waals surface area contributed by atoms with Gasteiger partial charge in [-0.3, -0.25) is 0 Å². The summed E-state index contributed by atoms with van der Waals surface area (Å²) in [4.78, 5) is 12.4. The first-order chi connectivity index (χ1) is 11.6. The number of fused-ring (bicyclic) bond motifs is 3. The van der Waals surface area contributed by atoms with Crippen molar-refractivity contribution in [2.75, 3.05) is 0 Å². The molecule has 3 heteroatoms. The van der Waals surface area contributed by atoms with Crippen LogP contribution in [0.1, 0.15) is 21.5 Å². The molecule has 3 nitrogen and oxygen atoms in total. The molecule has 118 valence electrons. The largest absolute Gasteiger partial charge is 0.456 e. The lowest BCUT2D eigenvalue weighted by molar-refractivity contribution is 0.0735. The van der Waals surface area contributed by atoms with Gasteiger partial charge in [0.1, 0.15) is 16.9 Å². The summed E-state index contributed by atoms with van der Waals surface area (Å²) in [7, 11) is 0. The fraction of sp³-hybridized carbons (Fsp3) is 0.0952. The molecule has 1 aromatic heterocycles. The molecule has 0 radical (unpaired) electrons. The molecule has 0 aliphatic rings. The molecule has 0 aliphatic heterocycles. The number of ether oxygens (including phenoxy) is 1. The average molecular weight is 316 g/mol. The van der Waals surface area contributed by atoms with Gasteiger partial charge in [-0.25, -0.2) is 4.79 Å². The van der Waals surface area contributed by atoms with Gasteiger partial charge in [-0.15, -0.1) is 0 Å². The van der Waals surface area contributed by atoms with Crippen LogP contribution in [0.25, 0.3) is 21.9 Å². The third-order valence-corrected chi connectivity index (χ3v) is 4.02. The monoisotopic (exact) mass is 316 g/mol. The van der Waals surface area contributed by atoms with Crippen molar-refractivity contribution in [3.63, 3.8) is 0 Å². The van der Waals surface area contributed by atoms with E-state index >= 15 is 0 Å². The molecule has 0 spiro atoms. The number of para-hydroxylation sites is 1. The Kier molecular flexibility index (Phi) is 3.35. The van der Waals surface area contributed by atoms with Crippen molar-refractivity contribution in [1.29, 1.82) is 0 Å². The maximum absolute atomic E-state index is 12.4. The van der Waals surface area contributed by atoms with E-state index in [0.29, 0.717) is 11.3 Å². The minimum absolute atomic E-state index is 0.353. The van der Waals surface area contributed by atoms with Gasteiger partial charge in [-0.1, -0.05) is 35.4 Å². The Balaban J connectivity index is 1.71. The summed E-state index contributed by atoms with van der Waals surface area (Å²) >= 11 is 0. The van der Waals surface area contributed by atoms with Gasteiger partial charge in [-0.2, -0.15) is 0 Å². The zero-order valence-electron chi connectivity index (χ0n) is 13.5. The summed E-state index contributed by atoms with van der Waals surface area (Å²) in [6.07, 6.45) is 0. The second kappa shape index (κ2) is 5.53. The zero-order chi connectivity index (χ0) is 16.7. The maximum Gasteiger partial charge on any atom is 0.343 e. The quantitative estimate of drug-likeness (QED) is 0.366. The van der Waals surface area contributed by atoms with E-state index in [1.165, 1.54) is 0 Å². The highest BCUT2D eigenvalue weighted by molar-refractivity contribution is 6.05. The Labute approximate surface area is 139 Å². The van der Waals surface area contributed by atoms with Crippen LogP contribution in [0.15, 0.2) is 65.1 Å². The number of aryl methyl sites for hydroxylation is 2. The highest BCUT2D eigenvalue weighted by Crippen LogP contribution is 2.31. The van der Waals surface area contributed by atoms with Crippen LogP contribution in [0.4, 0.5) is 0 Å². The fourth-order valence-corrected chi connectivity index (χ4v) is 3.03. The maximum atomic E-state index is 12.4. The number of carbonyl (C=O) groups is 1. The molecule has 0 unspecified atom stereocenters. The first kappa shape index (κ1) is 14.5. The van der Waals surface area contributed by atoms with E-state index < -0.39 is 0 Å². The zero-order valence-corrected chi connectivity index (χ0v) is 13.5. The normalized spacial score (nSPS) is 11.1. The minimum atomic E-state index is -0.353. The van der Waals surface area contributed by atoms with Crippen molar-refractivity contribution >= 4 is 27.9 Å². The second-order valence-electron chi connectivity index (χ2n) is 6.02. The van der Waals surface area contributed by atoms with Crippen molar-refractivity contribution in [3.8, 4) is 5.75 Å². The summed E-state index contributed by atoms with van der Waals surface area (Å²) in [6.45, 7) is 3.93. The first-order valence-electron chi connectivity index (χ1n) is 7.82. The fourth-order valence-electron chi connectivity index (χ4n) is 3.03. The molecule has 3 aromatic carbocycles. The predicted octanol–water partition coefficient (Wildman–Crippen LogP) is 5.42. The molecule has 1 heterocycles. The molecule has 4 aromatic rings. The van der Waals surface area contributed by atoms with E-state index in [0.717, 1.165) is 33.1 Å². The highest BCUT2D eigenvalue weighted by Gasteiger charge is 2.12. The van der Waals surface area contributed by atoms with E-state index in [1.54, 1.807) is 6.07 Å². The predicted molar refractivity (Wildman–Crippen MR) is 94.6 cm³/mol. The number of rotatable bonds is 2. The molecule has 0 aliphatic carbocycles. The summed E-state index contributed by atoms with van der Waals surface area (Å²) in [6, 6.07) is 19.0. The lowest BCUT2D eigenvalue weighted by Gasteiger charge is -2.06. The van der Waals surface area contributed by atoms with Crippen LogP contribution in [0, 0.1) is 13.8 Å².